The third-order valence-electron chi connectivity index (χ3n) is 3.69. The molecule has 0 aliphatic rings. The Morgan fingerprint density at radius 1 is 1.38 bits per heavy atom. The number of hydrogen-bond donors (Lipinski definition) is 1. The lowest BCUT2D eigenvalue weighted by atomic mass is 10.2. The molecule has 0 spiro atoms. The minimum atomic E-state index is -0.355. The van der Waals surface area contributed by atoms with Crippen LogP contribution in [0.1, 0.15) is 19.4 Å². The standard InChI is InChI=1S/C18H17N5OS2/c1-3-23-16(15-8-5-9-25-15)21-22-18(23)26-12(2)17(24)20-14-7-4-6-13(10-14)11-19/h4-10,12H,3H2,1-2H3,(H,20,24). The number of carbonyl (C=O) groups is 1. The van der Waals surface area contributed by atoms with Crippen molar-refractivity contribution in [1.29, 1.82) is 5.26 Å². The second-order valence-corrected chi connectivity index (χ2v) is 7.73. The molecule has 0 aliphatic carbocycles. The molecule has 26 heavy (non-hydrogen) atoms. The highest BCUT2D eigenvalue weighted by molar-refractivity contribution is 8.00. The second kappa shape index (κ2) is 8.17. The van der Waals surface area contributed by atoms with Crippen LogP contribution in [0.15, 0.2) is 46.9 Å². The highest BCUT2D eigenvalue weighted by Gasteiger charge is 2.20. The smallest absolute Gasteiger partial charge is 0.237 e. The van der Waals surface area contributed by atoms with Gasteiger partial charge in [-0.25, -0.2) is 0 Å². The van der Waals surface area contributed by atoms with Crippen LogP contribution < -0.4 is 5.32 Å². The zero-order valence-corrected chi connectivity index (χ0v) is 16.0. The number of thiophene rings is 1. The summed E-state index contributed by atoms with van der Waals surface area (Å²) < 4.78 is 2.01. The number of carbonyl (C=O) groups excluding carboxylic acids is 1. The van der Waals surface area contributed by atoms with Gasteiger partial charge in [0.05, 0.1) is 21.8 Å². The highest BCUT2D eigenvalue weighted by atomic mass is 32.2. The maximum atomic E-state index is 12.5. The summed E-state index contributed by atoms with van der Waals surface area (Å²) in [7, 11) is 0. The van der Waals surface area contributed by atoms with Crippen molar-refractivity contribution >= 4 is 34.7 Å². The van der Waals surface area contributed by atoms with Crippen molar-refractivity contribution in [3.8, 4) is 16.8 Å². The number of nitrogens with one attached hydrogen (secondary N) is 1. The fraction of sp³-hybridized carbons (Fsp3) is 0.222. The van der Waals surface area contributed by atoms with Gasteiger partial charge in [-0.2, -0.15) is 5.26 Å². The van der Waals surface area contributed by atoms with Gasteiger partial charge in [-0.3, -0.25) is 4.79 Å². The molecule has 1 atom stereocenters. The molecule has 8 heteroatoms. The molecule has 1 aromatic carbocycles. The summed E-state index contributed by atoms with van der Waals surface area (Å²) in [6, 6.07) is 12.9. The summed E-state index contributed by atoms with van der Waals surface area (Å²) in [5, 5.41) is 22.7. The van der Waals surface area contributed by atoms with Crippen LogP contribution in [0.25, 0.3) is 10.7 Å². The first kappa shape index (κ1) is 18.2. The first-order valence-corrected chi connectivity index (χ1v) is 9.83. The van der Waals surface area contributed by atoms with E-state index in [0.29, 0.717) is 16.4 Å². The van der Waals surface area contributed by atoms with Crippen molar-refractivity contribution in [3.63, 3.8) is 0 Å². The van der Waals surface area contributed by atoms with Crippen molar-refractivity contribution in [1.82, 2.24) is 14.8 Å². The van der Waals surface area contributed by atoms with Crippen LogP contribution in [0, 0.1) is 11.3 Å². The normalized spacial score (nSPS) is 11.7. The number of aromatic nitrogens is 3. The van der Waals surface area contributed by atoms with Crippen LogP contribution in [0.4, 0.5) is 5.69 Å². The quantitative estimate of drug-likeness (QED) is 0.650. The van der Waals surface area contributed by atoms with E-state index in [9.17, 15) is 4.79 Å². The van der Waals surface area contributed by atoms with Gasteiger partial charge in [0.1, 0.15) is 0 Å². The Morgan fingerprint density at radius 3 is 2.92 bits per heavy atom. The predicted molar refractivity (Wildman–Crippen MR) is 104 cm³/mol. The molecule has 0 fully saturated rings. The molecule has 2 heterocycles. The van der Waals surface area contributed by atoms with Crippen LogP contribution in [-0.2, 0) is 11.3 Å². The molecular formula is C18H17N5OS2. The van der Waals surface area contributed by atoms with Crippen LogP contribution in [0.5, 0.6) is 0 Å². The Kier molecular flexibility index (Phi) is 5.71. The number of amides is 1. The lowest BCUT2D eigenvalue weighted by molar-refractivity contribution is -0.115. The van der Waals surface area contributed by atoms with Gasteiger partial charge in [0.25, 0.3) is 0 Å². The third-order valence-corrected chi connectivity index (χ3v) is 5.63. The topological polar surface area (TPSA) is 83.6 Å². The average molecular weight is 384 g/mol. The summed E-state index contributed by atoms with van der Waals surface area (Å²) in [5.74, 6) is 0.674. The second-order valence-electron chi connectivity index (χ2n) is 5.47. The van der Waals surface area contributed by atoms with Crippen molar-refractivity contribution in [2.24, 2.45) is 0 Å². The molecule has 0 saturated carbocycles. The maximum absolute atomic E-state index is 12.5. The van der Waals surface area contributed by atoms with Gasteiger partial charge < -0.3 is 9.88 Å². The van der Waals surface area contributed by atoms with E-state index < -0.39 is 0 Å². The summed E-state index contributed by atoms with van der Waals surface area (Å²) in [4.78, 5) is 13.5. The molecular weight excluding hydrogens is 366 g/mol. The number of hydrogen-bond acceptors (Lipinski definition) is 6. The summed E-state index contributed by atoms with van der Waals surface area (Å²) in [5.41, 5.74) is 1.12. The Balaban J connectivity index is 1.72. The summed E-state index contributed by atoms with van der Waals surface area (Å²) >= 11 is 2.98. The fourth-order valence-corrected chi connectivity index (χ4v) is 4.00. The summed E-state index contributed by atoms with van der Waals surface area (Å²) in [6.07, 6.45) is 0. The molecule has 0 bridgehead atoms. The molecule has 0 saturated heterocycles. The molecule has 0 aliphatic heterocycles. The van der Waals surface area contributed by atoms with E-state index in [-0.39, 0.29) is 11.2 Å². The van der Waals surface area contributed by atoms with E-state index in [0.717, 1.165) is 17.2 Å². The first-order valence-electron chi connectivity index (χ1n) is 8.07. The van der Waals surface area contributed by atoms with Crippen molar-refractivity contribution in [2.75, 3.05) is 5.32 Å². The van der Waals surface area contributed by atoms with Crippen LogP contribution in [-0.4, -0.2) is 25.9 Å². The SMILES string of the molecule is CCn1c(SC(C)C(=O)Nc2cccc(C#N)c2)nnc1-c1cccs1. The van der Waals surface area contributed by atoms with Gasteiger partial charge >= 0.3 is 0 Å². The molecule has 3 aromatic rings. The summed E-state index contributed by atoms with van der Waals surface area (Å²) in [6.45, 7) is 4.58. The van der Waals surface area contributed by atoms with E-state index >= 15 is 0 Å². The van der Waals surface area contributed by atoms with Crippen molar-refractivity contribution in [3.05, 3.63) is 47.3 Å². The zero-order valence-electron chi connectivity index (χ0n) is 14.3. The van der Waals surface area contributed by atoms with Crippen LogP contribution in [0.2, 0.25) is 0 Å². The number of benzene rings is 1. The van der Waals surface area contributed by atoms with Crippen LogP contribution in [0.3, 0.4) is 0 Å². The monoisotopic (exact) mass is 383 g/mol. The number of rotatable bonds is 6. The van der Waals surface area contributed by atoms with E-state index in [1.54, 1.807) is 35.6 Å². The van der Waals surface area contributed by atoms with Gasteiger partial charge in [-0.05, 0) is 43.5 Å². The lowest BCUT2D eigenvalue weighted by Gasteiger charge is -2.12. The van der Waals surface area contributed by atoms with E-state index in [1.165, 1.54) is 11.8 Å². The molecule has 132 valence electrons. The molecule has 1 N–H and O–H groups in total. The number of thioether (sulfide) groups is 1. The molecule has 1 amide bonds. The first-order chi connectivity index (χ1) is 12.6. The molecule has 1 unspecified atom stereocenters. The average Bonchev–Trinajstić information content (AvgIpc) is 3.31. The van der Waals surface area contributed by atoms with Crippen LogP contribution >= 0.6 is 23.1 Å². The van der Waals surface area contributed by atoms with Crippen molar-refractivity contribution in [2.45, 2.75) is 30.8 Å². The highest BCUT2D eigenvalue weighted by Crippen LogP contribution is 2.29. The predicted octanol–water partition coefficient (Wildman–Crippen LogP) is 4.02. The fourth-order valence-electron chi connectivity index (χ4n) is 2.37. The number of nitriles is 1. The largest absolute Gasteiger partial charge is 0.325 e. The van der Waals surface area contributed by atoms with Crippen molar-refractivity contribution < 1.29 is 4.79 Å². The van der Waals surface area contributed by atoms with Gasteiger partial charge in [-0.15, -0.1) is 21.5 Å². The Morgan fingerprint density at radius 2 is 2.23 bits per heavy atom. The Bertz CT molecular complexity index is 943. The Hall–Kier alpha value is -2.63. The zero-order chi connectivity index (χ0) is 18.5. The molecule has 6 nitrogen and oxygen atoms in total. The number of nitrogens with zero attached hydrogens (tertiary/aromatic N) is 4. The molecule has 2 aromatic heterocycles. The third kappa shape index (κ3) is 3.95. The van der Waals surface area contributed by atoms with E-state index in [2.05, 4.69) is 21.6 Å². The number of anilines is 1. The molecule has 0 radical (unpaired) electrons. The minimum absolute atomic E-state index is 0.145. The maximum Gasteiger partial charge on any atom is 0.237 e. The Labute approximate surface area is 159 Å². The van der Waals surface area contributed by atoms with Gasteiger partial charge in [0.15, 0.2) is 11.0 Å². The van der Waals surface area contributed by atoms with Gasteiger partial charge in [0, 0.05) is 12.2 Å². The lowest BCUT2D eigenvalue weighted by Crippen LogP contribution is -2.23. The van der Waals surface area contributed by atoms with E-state index in [1.807, 2.05) is 35.9 Å². The van der Waals surface area contributed by atoms with Gasteiger partial charge in [-0.1, -0.05) is 23.9 Å². The van der Waals surface area contributed by atoms with E-state index in [4.69, 9.17) is 5.26 Å². The molecule has 3 rings (SSSR count). The van der Waals surface area contributed by atoms with Gasteiger partial charge in [0.2, 0.25) is 5.91 Å². The minimum Gasteiger partial charge on any atom is -0.325 e.